The summed E-state index contributed by atoms with van der Waals surface area (Å²) >= 11 is 0. The van der Waals surface area contributed by atoms with Gasteiger partial charge in [-0.2, -0.15) is 0 Å². The van der Waals surface area contributed by atoms with Crippen LogP contribution in [0, 0.1) is 12.7 Å². The molecule has 1 rings (SSSR count). The summed E-state index contributed by atoms with van der Waals surface area (Å²) in [5.74, 6) is -2.04. The predicted molar refractivity (Wildman–Crippen MR) is 69.2 cm³/mol. The first-order valence-corrected chi connectivity index (χ1v) is 6.03. The summed E-state index contributed by atoms with van der Waals surface area (Å²) in [5, 5.41) is 9.39. The van der Waals surface area contributed by atoms with Crippen molar-refractivity contribution in [2.45, 2.75) is 39.8 Å². The molecule has 1 aromatic rings. The molecule has 19 heavy (non-hydrogen) atoms. The van der Waals surface area contributed by atoms with Gasteiger partial charge >= 0.3 is 5.97 Å². The minimum atomic E-state index is -1.17. The third-order valence-corrected chi connectivity index (χ3v) is 2.97. The van der Waals surface area contributed by atoms with Crippen molar-refractivity contribution in [1.29, 1.82) is 0 Å². The van der Waals surface area contributed by atoms with Crippen molar-refractivity contribution in [2.24, 2.45) is 0 Å². The number of carbonyl (C=O) groups excluding carboxylic acids is 1. The van der Waals surface area contributed by atoms with Crippen LogP contribution in [0.25, 0.3) is 0 Å². The van der Waals surface area contributed by atoms with Crippen molar-refractivity contribution in [1.82, 2.24) is 4.90 Å². The van der Waals surface area contributed by atoms with Crippen molar-refractivity contribution >= 4 is 11.9 Å². The lowest BCUT2D eigenvalue weighted by molar-refractivity contribution is -0.151. The van der Waals surface area contributed by atoms with Crippen molar-refractivity contribution < 1.29 is 19.1 Å². The van der Waals surface area contributed by atoms with Gasteiger partial charge in [-0.15, -0.1) is 0 Å². The van der Waals surface area contributed by atoms with Crippen LogP contribution in [0.1, 0.15) is 37.9 Å². The van der Waals surface area contributed by atoms with Gasteiger partial charge in [0.2, 0.25) is 5.91 Å². The van der Waals surface area contributed by atoms with Gasteiger partial charge in [-0.05, 0) is 44.0 Å². The van der Waals surface area contributed by atoms with E-state index in [1.165, 1.54) is 30.0 Å². The highest BCUT2D eigenvalue weighted by Crippen LogP contribution is 2.27. The van der Waals surface area contributed by atoms with Crippen LogP contribution < -0.4 is 0 Å². The molecule has 0 fully saturated rings. The molecule has 0 aliphatic rings. The lowest BCUT2D eigenvalue weighted by atomic mass is 9.98. The maximum atomic E-state index is 13.3. The van der Waals surface area contributed by atoms with Crippen molar-refractivity contribution in [3.63, 3.8) is 0 Å². The zero-order chi connectivity index (χ0) is 14.7. The molecule has 0 aliphatic heterocycles. The summed E-state index contributed by atoms with van der Waals surface area (Å²) in [7, 11) is 0. The van der Waals surface area contributed by atoms with Gasteiger partial charge < -0.3 is 10.0 Å². The van der Waals surface area contributed by atoms with Gasteiger partial charge in [-0.1, -0.05) is 6.07 Å². The Kier molecular flexibility index (Phi) is 4.64. The second kappa shape index (κ2) is 5.82. The van der Waals surface area contributed by atoms with E-state index in [1.54, 1.807) is 20.8 Å². The van der Waals surface area contributed by atoms with Crippen LogP contribution in [-0.4, -0.2) is 27.9 Å². The minimum Gasteiger partial charge on any atom is -0.479 e. The fourth-order valence-electron chi connectivity index (χ4n) is 2.15. The van der Waals surface area contributed by atoms with Crippen LogP contribution in [0.3, 0.4) is 0 Å². The van der Waals surface area contributed by atoms with E-state index in [9.17, 15) is 19.1 Å². The molecule has 1 unspecified atom stereocenters. The number of carbonyl (C=O) groups is 2. The Morgan fingerprint density at radius 3 is 2.32 bits per heavy atom. The van der Waals surface area contributed by atoms with Gasteiger partial charge in [0.1, 0.15) is 5.82 Å². The Bertz CT molecular complexity index is 499. The number of carboxylic acid groups (broad SMARTS) is 1. The number of hydrogen-bond acceptors (Lipinski definition) is 2. The molecule has 5 heteroatoms. The van der Waals surface area contributed by atoms with Crippen LogP contribution in [0.4, 0.5) is 4.39 Å². The third kappa shape index (κ3) is 3.30. The second-order valence-electron chi connectivity index (χ2n) is 4.76. The van der Waals surface area contributed by atoms with E-state index in [0.29, 0.717) is 11.1 Å². The fraction of sp³-hybridized carbons (Fsp3) is 0.429. The molecule has 1 N–H and O–H groups in total. The first-order chi connectivity index (χ1) is 8.75. The average Bonchev–Trinajstić information content (AvgIpc) is 2.27. The highest BCUT2D eigenvalue weighted by molar-refractivity contribution is 5.84. The number of benzene rings is 1. The van der Waals surface area contributed by atoms with E-state index in [2.05, 4.69) is 0 Å². The Hall–Kier alpha value is -1.91. The maximum absolute atomic E-state index is 13.3. The SMILES string of the molecule is CC(=O)N(C(C)C)C(C(=O)O)c1cc(F)ccc1C. The largest absolute Gasteiger partial charge is 0.479 e. The first-order valence-electron chi connectivity index (χ1n) is 6.03. The predicted octanol–water partition coefficient (Wildman–Crippen LogP) is 2.52. The van der Waals surface area contributed by atoms with Gasteiger partial charge in [-0.25, -0.2) is 9.18 Å². The Balaban J connectivity index is 3.38. The molecule has 1 atom stereocenters. The minimum absolute atomic E-state index is 0.290. The molecule has 1 amide bonds. The average molecular weight is 267 g/mol. The molecule has 0 radical (unpaired) electrons. The Labute approximate surface area is 111 Å². The third-order valence-electron chi connectivity index (χ3n) is 2.97. The van der Waals surface area contributed by atoms with E-state index in [-0.39, 0.29) is 11.9 Å². The molecule has 0 bridgehead atoms. The number of amides is 1. The lowest BCUT2D eigenvalue weighted by Gasteiger charge is -2.32. The number of rotatable bonds is 4. The summed E-state index contributed by atoms with van der Waals surface area (Å²) < 4.78 is 13.3. The summed E-state index contributed by atoms with van der Waals surface area (Å²) in [4.78, 5) is 24.4. The van der Waals surface area contributed by atoms with Crippen LogP contribution >= 0.6 is 0 Å². The van der Waals surface area contributed by atoms with E-state index in [4.69, 9.17) is 0 Å². The molecule has 0 saturated heterocycles. The highest BCUT2D eigenvalue weighted by Gasteiger charge is 2.32. The number of halogens is 1. The topological polar surface area (TPSA) is 57.6 Å². The molecule has 0 saturated carbocycles. The van der Waals surface area contributed by atoms with E-state index in [0.717, 1.165) is 0 Å². The summed E-state index contributed by atoms with van der Waals surface area (Å²) in [6.07, 6.45) is 0. The zero-order valence-electron chi connectivity index (χ0n) is 11.5. The number of aryl methyl sites for hydroxylation is 1. The smallest absolute Gasteiger partial charge is 0.331 e. The summed E-state index contributed by atoms with van der Waals surface area (Å²) in [6.45, 7) is 6.46. The van der Waals surface area contributed by atoms with Crippen LogP contribution in [0.5, 0.6) is 0 Å². The molecule has 0 heterocycles. The first kappa shape index (κ1) is 15.1. The van der Waals surface area contributed by atoms with Gasteiger partial charge in [0, 0.05) is 13.0 Å². The van der Waals surface area contributed by atoms with Crippen molar-refractivity contribution in [3.8, 4) is 0 Å². The van der Waals surface area contributed by atoms with Gasteiger partial charge in [-0.3, -0.25) is 4.79 Å². The van der Waals surface area contributed by atoms with E-state index >= 15 is 0 Å². The number of hydrogen-bond donors (Lipinski definition) is 1. The van der Waals surface area contributed by atoms with Gasteiger partial charge in [0.05, 0.1) is 0 Å². The van der Waals surface area contributed by atoms with Crippen molar-refractivity contribution in [3.05, 3.63) is 35.1 Å². The molecule has 0 spiro atoms. The number of carboxylic acids is 1. The molecule has 0 aromatic heterocycles. The number of aliphatic carboxylic acids is 1. The van der Waals surface area contributed by atoms with Crippen LogP contribution in [0.2, 0.25) is 0 Å². The van der Waals surface area contributed by atoms with Gasteiger partial charge in [0.25, 0.3) is 0 Å². The van der Waals surface area contributed by atoms with Crippen LogP contribution in [-0.2, 0) is 9.59 Å². The monoisotopic (exact) mass is 267 g/mol. The number of nitrogens with zero attached hydrogens (tertiary/aromatic N) is 1. The highest BCUT2D eigenvalue weighted by atomic mass is 19.1. The maximum Gasteiger partial charge on any atom is 0.331 e. The summed E-state index contributed by atoms with van der Waals surface area (Å²) in [5.41, 5.74) is 0.942. The van der Waals surface area contributed by atoms with Gasteiger partial charge in [0.15, 0.2) is 6.04 Å². The molecular weight excluding hydrogens is 249 g/mol. The molecule has 4 nitrogen and oxygen atoms in total. The fourth-order valence-corrected chi connectivity index (χ4v) is 2.15. The molecule has 0 aliphatic carbocycles. The van der Waals surface area contributed by atoms with Crippen LogP contribution in [0.15, 0.2) is 18.2 Å². The molecular formula is C14H18FNO3. The normalized spacial score (nSPS) is 12.3. The lowest BCUT2D eigenvalue weighted by Crippen LogP contribution is -2.42. The standard InChI is InChI=1S/C14H18FNO3/c1-8(2)16(10(4)17)13(14(18)19)12-7-11(15)6-5-9(12)3/h5-8,13H,1-4H3,(H,18,19). The molecule has 104 valence electrons. The second-order valence-corrected chi connectivity index (χ2v) is 4.76. The zero-order valence-corrected chi connectivity index (χ0v) is 11.5. The van der Waals surface area contributed by atoms with E-state index in [1.807, 2.05) is 0 Å². The molecule has 1 aromatic carbocycles. The Morgan fingerprint density at radius 1 is 1.32 bits per heavy atom. The Morgan fingerprint density at radius 2 is 1.89 bits per heavy atom. The quantitative estimate of drug-likeness (QED) is 0.912. The van der Waals surface area contributed by atoms with E-state index < -0.39 is 17.8 Å². The summed E-state index contributed by atoms with van der Waals surface area (Å²) in [6, 6.07) is 2.49. The van der Waals surface area contributed by atoms with Crippen molar-refractivity contribution in [2.75, 3.05) is 0 Å².